The minimum Gasteiger partial charge on any atom is -0.489 e. The van der Waals surface area contributed by atoms with Gasteiger partial charge in [0.15, 0.2) is 0 Å². The van der Waals surface area contributed by atoms with Crippen LogP contribution in [0.15, 0.2) is 55.1 Å². The van der Waals surface area contributed by atoms with E-state index in [0.717, 1.165) is 36.6 Å². The quantitative estimate of drug-likeness (QED) is 0.272. The highest BCUT2D eigenvalue weighted by Crippen LogP contribution is 2.36. The van der Waals surface area contributed by atoms with Crippen molar-refractivity contribution in [1.82, 2.24) is 29.4 Å². The average molecular weight is 653 g/mol. The molecule has 250 valence electrons. The van der Waals surface area contributed by atoms with Crippen LogP contribution in [-0.2, 0) is 16.0 Å². The fraction of sp³-hybridized carbons (Fsp3) is 0.457. The summed E-state index contributed by atoms with van der Waals surface area (Å²) in [5.74, 6) is 2.12. The van der Waals surface area contributed by atoms with Crippen molar-refractivity contribution in [3.63, 3.8) is 0 Å². The molecule has 4 aromatic rings. The molecule has 13 heteroatoms. The second-order valence-electron chi connectivity index (χ2n) is 13.5. The number of methoxy groups -OCH3 is 1. The van der Waals surface area contributed by atoms with Gasteiger partial charge in [0.25, 0.3) is 0 Å². The predicted octanol–water partition coefficient (Wildman–Crippen LogP) is 4.15. The van der Waals surface area contributed by atoms with Gasteiger partial charge in [-0.3, -0.25) is 4.90 Å². The first-order valence-electron chi connectivity index (χ1n) is 16.3. The van der Waals surface area contributed by atoms with E-state index in [-0.39, 0.29) is 18.8 Å². The fourth-order valence-electron chi connectivity index (χ4n) is 6.68. The van der Waals surface area contributed by atoms with Crippen molar-refractivity contribution in [2.24, 2.45) is 0 Å². The van der Waals surface area contributed by atoms with E-state index in [0.29, 0.717) is 54.5 Å². The molecule has 0 aliphatic carbocycles. The van der Waals surface area contributed by atoms with Crippen LogP contribution in [0.1, 0.15) is 38.3 Å². The molecule has 2 bridgehead atoms. The molecule has 13 nitrogen and oxygen atoms in total. The molecule has 1 amide bonds. The van der Waals surface area contributed by atoms with Gasteiger partial charge in [-0.05, 0) is 51.0 Å². The number of nitrogens with zero attached hydrogens (tertiary/aromatic N) is 8. The molecule has 4 saturated heterocycles. The van der Waals surface area contributed by atoms with Crippen molar-refractivity contribution in [2.75, 3.05) is 51.4 Å². The van der Waals surface area contributed by atoms with Crippen molar-refractivity contribution in [2.45, 2.75) is 57.5 Å². The summed E-state index contributed by atoms with van der Waals surface area (Å²) in [6, 6.07) is 13.2. The van der Waals surface area contributed by atoms with Gasteiger partial charge in [0, 0.05) is 67.8 Å². The van der Waals surface area contributed by atoms with Gasteiger partial charge in [0.05, 0.1) is 43.7 Å². The number of hydrogen-bond donors (Lipinski definition) is 0. The number of carbonyl (C=O) groups excluding carboxylic acids is 1. The molecule has 2 unspecified atom stereocenters. The maximum Gasteiger partial charge on any atom is 0.410 e. The summed E-state index contributed by atoms with van der Waals surface area (Å²) in [6.07, 6.45) is 7.56. The molecule has 0 saturated carbocycles. The van der Waals surface area contributed by atoms with Crippen molar-refractivity contribution in [3.8, 4) is 28.8 Å². The average Bonchev–Trinajstić information content (AvgIpc) is 3.52. The lowest BCUT2D eigenvalue weighted by molar-refractivity contribution is -0.0557. The lowest BCUT2D eigenvalue weighted by Gasteiger charge is -2.56. The summed E-state index contributed by atoms with van der Waals surface area (Å²) in [4.78, 5) is 28.4. The Morgan fingerprint density at radius 1 is 1.08 bits per heavy atom. The summed E-state index contributed by atoms with van der Waals surface area (Å²) in [6.45, 7) is 9.72. The van der Waals surface area contributed by atoms with Crippen molar-refractivity contribution >= 4 is 17.4 Å². The molecule has 8 heterocycles. The zero-order valence-electron chi connectivity index (χ0n) is 27.7. The van der Waals surface area contributed by atoms with E-state index in [9.17, 15) is 10.1 Å². The Morgan fingerprint density at radius 2 is 1.92 bits per heavy atom. The lowest BCUT2D eigenvalue weighted by Crippen LogP contribution is -2.68. The van der Waals surface area contributed by atoms with Gasteiger partial charge in [0.2, 0.25) is 5.88 Å². The first kappa shape index (κ1) is 31.7. The number of rotatable bonds is 8. The molecule has 0 radical (unpaired) electrons. The first-order valence-corrected chi connectivity index (χ1v) is 16.3. The van der Waals surface area contributed by atoms with Crippen molar-refractivity contribution in [1.29, 1.82) is 5.26 Å². The number of hydrogen-bond acceptors (Lipinski definition) is 11. The maximum absolute atomic E-state index is 12.6. The van der Waals surface area contributed by atoms with Crippen LogP contribution >= 0.6 is 0 Å². The number of fused-ring (bicyclic) bond motifs is 3. The Hall–Kier alpha value is -4.93. The van der Waals surface area contributed by atoms with E-state index in [4.69, 9.17) is 23.9 Å². The maximum atomic E-state index is 12.6. The number of carbonyl (C=O) groups is 1. The number of amides is 1. The number of nitriles is 1. The standard InChI is InChI=1S/C35H40N8O5/c1-35(2,3)48-34(44)40-9-10-46-29(20-40)22-47-28-12-30(33-25(13-36)16-39-43(33)21-28)24-6-7-31(37-15-24)41-18-26-11-27(19-41)42(26)17-23-5-8-32(45-4)38-14-23/h5-8,12,14-16,21,26-27,29H,9-11,17-20,22H2,1-4H3/t26?,27?,29-/m0/s1. The molecule has 8 rings (SSSR count). The Labute approximate surface area is 279 Å². The molecular formula is C35H40N8O5. The minimum atomic E-state index is -0.571. The molecule has 0 spiro atoms. The molecule has 0 aromatic carbocycles. The van der Waals surface area contributed by atoms with Crippen LogP contribution in [0, 0.1) is 11.3 Å². The number of morpholine rings is 1. The summed E-state index contributed by atoms with van der Waals surface area (Å²) < 4.78 is 24.5. The topological polar surface area (TPSA) is 131 Å². The smallest absolute Gasteiger partial charge is 0.410 e. The first-order chi connectivity index (χ1) is 23.2. The Bertz CT molecular complexity index is 1800. The molecule has 4 aromatic heterocycles. The second kappa shape index (κ2) is 12.9. The zero-order valence-corrected chi connectivity index (χ0v) is 27.7. The predicted molar refractivity (Wildman–Crippen MR) is 177 cm³/mol. The van der Waals surface area contributed by atoms with Crippen LogP contribution in [0.25, 0.3) is 16.6 Å². The second-order valence-corrected chi connectivity index (χ2v) is 13.5. The highest BCUT2D eigenvalue weighted by molar-refractivity contribution is 5.85. The molecule has 4 aliphatic rings. The van der Waals surface area contributed by atoms with Gasteiger partial charge in [0.1, 0.15) is 35.9 Å². The Balaban J connectivity index is 1.03. The molecule has 4 fully saturated rings. The summed E-state index contributed by atoms with van der Waals surface area (Å²) >= 11 is 0. The Kier molecular flexibility index (Phi) is 8.53. The third-order valence-corrected chi connectivity index (χ3v) is 9.03. The number of anilines is 1. The van der Waals surface area contributed by atoms with Crippen LogP contribution < -0.4 is 14.4 Å². The zero-order chi connectivity index (χ0) is 33.4. The van der Waals surface area contributed by atoms with E-state index in [1.165, 1.54) is 12.0 Å². The third-order valence-electron chi connectivity index (χ3n) is 9.03. The number of piperazine rings is 1. The van der Waals surface area contributed by atoms with Crippen LogP contribution in [0.3, 0.4) is 0 Å². The fourth-order valence-corrected chi connectivity index (χ4v) is 6.68. The van der Waals surface area contributed by atoms with Crippen LogP contribution in [-0.4, -0.2) is 106 Å². The number of pyridine rings is 3. The largest absolute Gasteiger partial charge is 0.489 e. The summed E-state index contributed by atoms with van der Waals surface area (Å²) in [7, 11) is 1.63. The highest BCUT2D eigenvalue weighted by atomic mass is 16.6. The van der Waals surface area contributed by atoms with E-state index in [2.05, 4.69) is 32.0 Å². The van der Waals surface area contributed by atoms with Gasteiger partial charge >= 0.3 is 6.09 Å². The van der Waals surface area contributed by atoms with E-state index in [1.54, 1.807) is 28.9 Å². The summed E-state index contributed by atoms with van der Waals surface area (Å²) in [5, 5.41) is 14.3. The van der Waals surface area contributed by atoms with Crippen LogP contribution in [0.4, 0.5) is 10.6 Å². The van der Waals surface area contributed by atoms with Gasteiger partial charge in [-0.1, -0.05) is 6.07 Å². The molecule has 48 heavy (non-hydrogen) atoms. The molecule has 3 atom stereocenters. The molecular weight excluding hydrogens is 612 g/mol. The van der Waals surface area contributed by atoms with Crippen LogP contribution in [0.2, 0.25) is 0 Å². The van der Waals surface area contributed by atoms with Gasteiger partial charge < -0.3 is 28.7 Å². The number of aromatic nitrogens is 4. The minimum absolute atomic E-state index is 0.233. The van der Waals surface area contributed by atoms with Crippen molar-refractivity contribution < 1.29 is 23.7 Å². The normalized spacial score (nSPS) is 21.0. The SMILES string of the molecule is COc1ccc(CN2C3CC2CN(c2ccc(-c4cc(OC[C@@H]5CN(C(=O)OC(C)(C)C)CCO5)cn5ncc(C#N)c45)cn2)C3)cn1. The molecule has 4 aliphatic heterocycles. The number of ether oxygens (including phenoxy) is 4. The van der Waals surface area contributed by atoms with Crippen LogP contribution in [0.5, 0.6) is 11.6 Å². The summed E-state index contributed by atoms with van der Waals surface area (Å²) in [5.41, 5.74) is 3.41. The van der Waals surface area contributed by atoms with Crippen molar-refractivity contribution in [3.05, 3.63) is 66.2 Å². The number of piperidine rings is 1. The van der Waals surface area contributed by atoms with E-state index >= 15 is 0 Å². The van der Waals surface area contributed by atoms with Gasteiger partial charge in [-0.25, -0.2) is 19.3 Å². The monoisotopic (exact) mass is 652 g/mol. The highest BCUT2D eigenvalue weighted by Gasteiger charge is 2.44. The molecule has 0 N–H and O–H groups in total. The Morgan fingerprint density at radius 3 is 2.60 bits per heavy atom. The van der Waals surface area contributed by atoms with Gasteiger partial charge in [-0.15, -0.1) is 0 Å². The van der Waals surface area contributed by atoms with E-state index in [1.807, 2.05) is 57.4 Å². The van der Waals surface area contributed by atoms with Gasteiger partial charge in [-0.2, -0.15) is 10.4 Å². The van der Waals surface area contributed by atoms with E-state index < -0.39 is 5.60 Å². The third kappa shape index (κ3) is 6.58. The lowest BCUT2D eigenvalue weighted by atomic mass is 9.87.